The van der Waals surface area contributed by atoms with E-state index in [9.17, 15) is 9.59 Å². The predicted octanol–water partition coefficient (Wildman–Crippen LogP) is 1.12. The third kappa shape index (κ3) is 2.88. The normalized spacial score (nSPS) is 16.2. The van der Waals surface area contributed by atoms with Crippen molar-refractivity contribution in [1.29, 1.82) is 0 Å². The molecule has 1 aliphatic heterocycles. The maximum Gasteiger partial charge on any atom is 0.332 e. The fourth-order valence-electron chi connectivity index (χ4n) is 1.82. The summed E-state index contributed by atoms with van der Waals surface area (Å²) in [5.74, 6) is -1.21. The molecule has 1 aliphatic rings. The SMILES string of the molecule is CC(OCC(=O)N1CCc2sccc2C1)C(=O)O. The lowest BCUT2D eigenvalue weighted by Gasteiger charge is -2.27. The summed E-state index contributed by atoms with van der Waals surface area (Å²) >= 11 is 1.71. The number of thiophene rings is 1. The van der Waals surface area contributed by atoms with Crippen LogP contribution in [0.15, 0.2) is 11.4 Å². The van der Waals surface area contributed by atoms with Crippen molar-refractivity contribution in [2.75, 3.05) is 13.2 Å². The predicted molar refractivity (Wildman–Crippen MR) is 66.5 cm³/mol. The van der Waals surface area contributed by atoms with Crippen LogP contribution in [0, 0.1) is 0 Å². The van der Waals surface area contributed by atoms with Gasteiger partial charge in [0.05, 0.1) is 0 Å². The van der Waals surface area contributed by atoms with Gasteiger partial charge in [-0.2, -0.15) is 0 Å². The first kappa shape index (κ1) is 13.0. The summed E-state index contributed by atoms with van der Waals surface area (Å²) in [7, 11) is 0. The summed E-state index contributed by atoms with van der Waals surface area (Å²) in [6.45, 7) is 2.52. The van der Waals surface area contributed by atoms with Gasteiger partial charge in [-0.05, 0) is 30.4 Å². The van der Waals surface area contributed by atoms with Gasteiger partial charge >= 0.3 is 5.97 Å². The van der Waals surface area contributed by atoms with Gasteiger partial charge in [0.25, 0.3) is 0 Å². The molecule has 1 aromatic rings. The molecule has 1 aromatic heterocycles. The third-order valence-electron chi connectivity index (χ3n) is 2.96. The lowest BCUT2D eigenvalue weighted by molar-refractivity contribution is -0.153. The van der Waals surface area contributed by atoms with Crippen molar-refractivity contribution in [3.05, 3.63) is 21.9 Å². The van der Waals surface area contributed by atoms with Gasteiger partial charge in [-0.25, -0.2) is 4.79 Å². The van der Waals surface area contributed by atoms with Crippen LogP contribution >= 0.6 is 11.3 Å². The van der Waals surface area contributed by atoms with Gasteiger partial charge in [-0.3, -0.25) is 4.79 Å². The van der Waals surface area contributed by atoms with Crippen molar-refractivity contribution in [2.45, 2.75) is 26.0 Å². The fraction of sp³-hybridized carbons (Fsp3) is 0.500. The average molecular weight is 269 g/mol. The molecule has 1 atom stereocenters. The van der Waals surface area contributed by atoms with Gasteiger partial charge in [0.15, 0.2) is 6.10 Å². The van der Waals surface area contributed by atoms with Gasteiger partial charge in [-0.1, -0.05) is 0 Å². The Balaban J connectivity index is 1.86. The molecule has 1 amide bonds. The number of aliphatic carboxylic acids is 1. The molecule has 5 nitrogen and oxygen atoms in total. The van der Waals surface area contributed by atoms with E-state index >= 15 is 0 Å². The summed E-state index contributed by atoms with van der Waals surface area (Å²) in [6.07, 6.45) is -0.0804. The Hall–Kier alpha value is -1.40. The summed E-state index contributed by atoms with van der Waals surface area (Å²) in [4.78, 5) is 25.5. The number of ether oxygens (including phenoxy) is 1. The summed E-state index contributed by atoms with van der Waals surface area (Å²) in [6, 6.07) is 2.03. The molecule has 0 spiro atoms. The molecule has 0 saturated carbocycles. The van der Waals surface area contributed by atoms with Gasteiger partial charge in [0.2, 0.25) is 5.91 Å². The number of carboxylic acids is 1. The summed E-state index contributed by atoms with van der Waals surface area (Å²) < 4.78 is 5.00. The molecule has 0 bridgehead atoms. The van der Waals surface area contributed by atoms with Gasteiger partial charge < -0.3 is 14.7 Å². The van der Waals surface area contributed by atoms with Crippen LogP contribution in [-0.4, -0.2) is 41.1 Å². The third-order valence-corrected chi connectivity index (χ3v) is 3.99. The largest absolute Gasteiger partial charge is 0.479 e. The second kappa shape index (κ2) is 5.49. The van der Waals surface area contributed by atoms with E-state index in [0.717, 1.165) is 6.42 Å². The lowest BCUT2D eigenvalue weighted by atomic mass is 10.1. The zero-order valence-corrected chi connectivity index (χ0v) is 10.9. The topological polar surface area (TPSA) is 66.8 Å². The maximum absolute atomic E-state index is 11.9. The number of nitrogens with zero attached hydrogens (tertiary/aromatic N) is 1. The minimum Gasteiger partial charge on any atom is -0.479 e. The van der Waals surface area contributed by atoms with E-state index in [-0.39, 0.29) is 12.5 Å². The highest BCUT2D eigenvalue weighted by molar-refractivity contribution is 7.10. The lowest BCUT2D eigenvalue weighted by Crippen LogP contribution is -2.38. The number of fused-ring (bicyclic) bond motifs is 1. The Morgan fingerprint density at radius 3 is 3.11 bits per heavy atom. The molecular formula is C12H15NO4S. The number of hydrogen-bond donors (Lipinski definition) is 1. The smallest absolute Gasteiger partial charge is 0.332 e. The van der Waals surface area contributed by atoms with E-state index in [1.54, 1.807) is 16.2 Å². The molecular weight excluding hydrogens is 254 g/mol. The van der Waals surface area contributed by atoms with E-state index in [1.807, 2.05) is 11.4 Å². The zero-order valence-electron chi connectivity index (χ0n) is 10.1. The fourth-order valence-corrected chi connectivity index (χ4v) is 2.71. The van der Waals surface area contributed by atoms with Crippen LogP contribution in [0.3, 0.4) is 0 Å². The molecule has 0 aliphatic carbocycles. The molecule has 0 fully saturated rings. The second-order valence-corrected chi connectivity index (χ2v) is 5.23. The first-order chi connectivity index (χ1) is 8.58. The van der Waals surface area contributed by atoms with Gasteiger partial charge in [-0.15, -0.1) is 11.3 Å². The van der Waals surface area contributed by atoms with Crippen molar-refractivity contribution in [2.24, 2.45) is 0 Å². The molecule has 0 aromatic carbocycles. The Kier molecular flexibility index (Phi) is 3.98. The van der Waals surface area contributed by atoms with Crippen molar-refractivity contribution in [3.8, 4) is 0 Å². The molecule has 6 heteroatoms. The standard InChI is InChI=1S/C12H15NO4S/c1-8(12(15)16)17-7-11(14)13-4-2-10-9(6-13)3-5-18-10/h3,5,8H,2,4,6-7H2,1H3,(H,15,16). The van der Waals surface area contributed by atoms with Crippen LogP contribution in [0.4, 0.5) is 0 Å². The molecule has 0 radical (unpaired) electrons. The average Bonchev–Trinajstić information content (AvgIpc) is 2.82. The molecule has 2 rings (SSSR count). The number of amides is 1. The van der Waals surface area contributed by atoms with E-state index < -0.39 is 12.1 Å². The van der Waals surface area contributed by atoms with E-state index in [4.69, 9.17) is 9.84 Å². The second-order valence-electron chi connectivity index (χ2n) is 4.23. The zero-order chi connectivity index (χ0) is 13.1. The Morgan fingerprint density at radius 1 is 1.61 bits per heavy atom. The van der Waals surface area contributed by atoms with Crippen LogP contribution in [0.25, 0.3) is 0 Å². The van der Waals surface area contributed by atoms with Crippen LogP contribution in [0.5, 0.6) is 0 Å². The van der Waals surface area contributed by atoms with E-state index in [1.165, 1.54) is 17.4 Å². The molecule has 1 N–H and O–H groups in total. The van der Waals surface area contributed by atoms with Crippen molar-refractivity contribution < 1.29 is 19.4 Å². The summed E-state index contributed by atoms with van der Waals surface area (Å²) in [5, 5.41) is 10.7. The van der Waals surface area contributed by atoms with Crippen molar-refractivity contribution in [1.82, 2.24) is 4.90 Å². The highest BCUT2D eigenvalue weighted by Crippen LogP contribution is 2.23. The Morgan fingerprint density at radius 2 is 2.39 bits per heavy atom. The molecule has 1 unspecified atom stereocenters. The van der Waals surface area contributed by atoms with Crippen molar-refractivity contribution >= 4 is 23.2 Å². The van der Waals surface area contributed by atoms with E-state index in [2.05, 4.69) is 0 Å². The van der Waals surface area contributed by atoms with Gasteiger partial charge in [0, 0.05) is 18.0 Å². The molecule has 98 valence electrons. The quantitative estimate of drug-likeness (QED) is 0.889. The van der Waals surface area contributed by atoms with Crippen LogP contribution in [0.1, 0.15) is 17.4 Å². The highest BCUT2D eigenvalue weighted by Gasteiger charge is 2.22. The monoisotopic (exact) mass is 269 g/mol. The minimum absolute atomic E-state index is 0.153. The molecule has 0 saturated heterocycles. The number of hydrogen-bond acceptors (Lipinski definition) is 4. The van der Waals surface area contributed by atoms with E-state index in [0.29, 0.717) is 13.1 Å². The number of rotatable bonds is 4. The Bertz CT molecular complexity index is 457. The number of carbonyl (C=O) groups is 2. The maximum atomic E-state index is 11.9. The molecule has 2 heterocycles. The van der Waals surface area contributed by atoms with Crippen molar-refractivity contribution in [3.63, 3.8) is 0 Å². The summed E-state index contributed by atoms with van der Waals surface area (Å²) in [5.41, 5.74) is 1.19. The minimum atomic E-state index is -1.05. The van der Waals surface area contributed by atoms with Crippen LogP contribution < -0.4 is 0 Å². The number of carboxylic acid groups (broad SMARTS) is 1. The number of carbonyl (C=O) groups excluding carboxylic acids is 1. The van der Waals surface area contributed by atoms with Crippen LogP contribution in [-0.2, 0) is 27.3 Å². The Labute approximate surface area is 109 Å². The van der Waals surface area contributed by atoms with Crippen LogP contribution in [0.2, 0.25) is 0 Å². The van der Waals surface area contributed by atoms with Gasteiger partial charge in [0.1, 0.15) is 6.61 Å². The highest BCUT2D eigenvalue weighted by atomic mass is 32.1. The first-order valence-corrected chi connectivity index (χ1v) is 6.63. The molecule has 18 heavy (non-hydrogen) atoms. The first-order valence-electron chi connectivity index (χ1n) is 5.75.